The van der Waals surface area contributed by atoms with E-state index in [1.165, 1.54) is 0 Å². The summed E-state index contributed by atoms with van der Waals surface area (Å²) in [6, 6.07) is 9.88. The fourth-order valence-electron chi connectivity index (χ4n) is 3.54. The van der Waals surface area contributed by atoms with Crippen molar-refractivity contribution in [3.05, 3.63) is 46.5 Å². The number of benzene rings is 3. The molecule has 1 aliphatic heterocycles. The van der Waals surface area contributed by atoms with Gasteiger partial charge in [0.15, 0.2) is 23.0 Å². The number of ether oxygens (including phenoxy) is 4. The third kappa shape index (κ3) is 3.11. The molecule has 3 aromatic carbocycles. The van der Waals surface area contributed by atoms with E-state index >= 15 is 0 Å². The van der Waals surface area contributed by atoms with E-state index in [-0.39, 0.29) is 6.79 Å². The van der Waals surface area contributed by atoms with Gasteiger partial charge in [-0.2, -0.15) is 0 Å². The molecule has 4 nitrogen and oxygen atoms in total. The predicted octanol–water partition coefficient (Wildman–Crippen LogP) is 6.70. The first-order chi connectivity index (χ1) is 13.6. The topological polar surface area (TPSA) is 36.9 Å². The number of methoxy groups -OCH3 is 2. The van der Waals surface area contributed by atoms with Gasteiger partial charge in [0.25, 0.3) is 0 Å². The summed E-state index contributed by atoms with van der Waals surface area (Å²) in [5.41, 5.74) is 4.24. The highest BCUT2D eigenvalue weighted by Gasteiger charge is 2.22. The van der Waals surface area contributed by atoms with E-state index in [0.717, 1.165) is 44.5 Å². The van der Waals surface area contributed by atoms with E-state index in [9.17, 15) is 0 Å². The lowest BCUT2D eigenvalue weighted by Crippen LogP contribution is -1.99. The molecule has 0 atom stereocenters. The highest BCUT2D eigenvalue weighted by Crippen LogP contribution is 2.47. The first-order valence-electron chi connectivity index (χ1n) is 8.53. The van der Waals surface area contributed by atoms with E-state index in [2.05, 4.69) is 31.9 Å². The largest absolute Gasteiger partial charge is 0.493 e. The van der Waals surface area contributed by atoms with Crippen LogP contribution in [0.2, 0.25) is 5.02 Å². The molecule has 1 aliphatic rings. The maximum atomic E-state index is 6.81. The Morgan fingerprint density at radius 2 is 1.54 bits per heavy atom. The maximum Gasteiger partial charge on any atom is 0.231 e. The molecule has 0 aliphatic carbocycles. The second kappa shape index (κ2) is 8.01. The smallest absolute Gasteiger partial charge is 0.231 e. The fourth-order valence-corrected chi connectivity index (χ4v) is 5.28. The molecule has 146 valence electrons. The molecule has 0 bridgehead atoms. The van der Waals surface area contributed by atoms with Gasteiger partial charge in [-0.25, -0.2) is 0 Å². The van der Waals surface area contributed by atoms with Gasteiger partial charge in [0, 0.05) is 16.0 Å². The van der Waals surface area contributed by atoms with Gasteiger partial charge in [-0.15, -0.1) is 0 Å². The van der Waals surface area contributed by atoms with Crippen LogP contribution < -0.4 is 18.9 Å². The zero-order chi connectivity index (χ0) is 19.8. The molecule has 0 radical (unpaired) electrons. The van der Waals surface area contributed by atoms with Crippen LogP contribution in [0.25, 0.3) is 21.9 Å². The lowest BCUT2D eigenvalue weighted by Gasteiger charge is -2.20. The second-order valence-corrected chi connectivity index (χ2v) is 7.73. The van der Waals surface area contributed by atoms with Gasteiger partial charge in [0.1, 0.15) is 0 Å². The van der Waals surface area contributed by atoms with Crippen molar-refractivity contribution in [2.75, 3.05) is 21.0 Å². The van der Waals surface area contributed by atoms with Crippen LogP contribution in [0.3, 0.4) is 0 Å². The Balaban J connectivity index is 2.11. The monoisotopic (exact) mass is 526 g/mol. The molecule has 0 saturated carbocycles. The van der Waals surface area contributed by atoms with Crippen molar-refractivity contribution in [2.24, 2.45) is 0 Å². The quantitative estimate of drug-likeness (QED) is 0.346. The normalized spacial score (nSPS) is 12.5. The molecule has 4 rings (SSSR count). The van der Waals surface area contributed by atoms with Crippen molar-refractivity contribution in [3.63, 3.8) is 0 Å². The van der Waals surface area contributed by atoms with Gasteiger partial charge < -0.3 is 18.9 Å². The number of hydrogen-bond donors (Lipinski definition) is 0. The Bertz CT molecular complexity index is 1070. The van der Waals surface area contributed by atoms with Crippen LogP contribution in [-0.4, -0.2) is 21.0 Å². The van der Waals surface area contributed by atoms with Crippen LogP contribution in [0, 0.1) is 0 Å². The van der Waals surface area contributed by atoms with E-state index in [4.69, 9.17) is 30.5 Å². The van der Waals surface area contributed by atoms with Crippen molar-refractivity contribution in [3.8, 4) is 34.1 Å². The summed E-state index contributed by atoms with van der Waals surface area (Å²) >= 11 is 14.1. The predicted molar refractivity (Wildman–Crippen MR) is 119 cm³/mol. The van der Waals surface area contributed by atoms with Gasteiger partial charge in [-0.1, -0.05) is 49.5 Å². The first kappa shape index (κ1) is 19.7. The zero-order valence-electron chi connectivity index (χ0n) is 15.3. The average molecular weight is 529 g/mol. The van der Waals surface area contributed by atoms with Crippen LogP contribution in [0.1, 0.15) is 11.1 Å². The van der Waals surface area contributed by atoms with Crippen molar-refractivity contribution >= 4 is 54.2 Å². The first-order valence-corrected chi connectivity index (χ1v) is 11.2. The zero-order valence-corrected chi connectivity index (χ0v) is 19.2. The standard InChI is InChI=1S/C21H17Br2ClO4/c1-25-17-6-12-13(7-18(17)26-2)21(24)15(9-23)14(8-22)20(12)11-3-4-16-19(5-11)28-10-27-16/h3-7H,8-10H2,1-2H3. The molecule has 0 spiro atoms. The third-order valence-electron chi connectivity index (χ3n) is 4.89. The van der Waals surface area contributed by atoms with E-state index in [0.29, 0.717) is 27.2 Å². The van der Waals surface area contributed by atoms with E-state index in [1.807, 2.05) is 30.3 Å². The van der Waals surface area contributed by atoms with Gasteiger partial charge in [0.05, 0.1) is 19.2 Å². The summed E-state index contributed by atoms with van der Waals surface area (Å²) in [4.78, 5) is 0. The highest BCUT2D eigenvalue weighted by atomic mass is 79.9. The molecule has 0 aromatic heterocycles. The number of rotatable bonds is 5. The fraction of sp³-hybridized carbons (Fsp3) is 0.238. The minimum Gasteiger partial charge on any atom is -0.493 e. The molecule has 0 amide bonds. The molecule has 28 heavy (non-hydrogen) atoms. The number of alkyl halides is 2. The summed E-state index contributed by atoms with van der Waals surface area (Å²) in [5, 5.41) is 3.88. The summed E-state index contributed by atoms with van der Waals surface area (Å²) in [6.45, 7) is 0.239. The Labute approximate surface area is 184 Å². The lowest BCUT2D eigenvalue weighted by molar-refractivity contribution is 0.174. The van der Waals surface area contributed by atoms with E-state index in [1.54, 1.807) is 14.2 Å². The Morgan fingerprint density at radius 3 is 2.18 bits per heavy atom. The van der Waals surface area contributed by atoms with Crippen molar-refractivity contribution in [2.45, 2.75) is 10.7 Å². The summed E-state index contributed by atoms with van der Waals surface area (Å²) in [5.74, 6) is 2.78. The van der Waals surface area contributed by atoms with Crippen LogP contribution in [-0.2, 0) is 10.7 Å². The highest BCUT2D eigenvalue weighted by molar-refractivity contribution is 9.09. The van der Waals surface area contributed by atoms with Gasteiger partial charge in [-0.05, 0) is 51.9 Å². The van der Waals surface area contributed by atoms with Gasteiger partial charge in [0.2, 0.25) is 6.79 Å². The maximum absolute atomic E-state index is 6.81. The third-order valence-corrected chi connectivity index (χ3v) is 6.44. The van der Waals surface area contributed by atoms with Crippen molar-refractivity contribution in [1.82, 2.24) is 0 Å². The number of hydrogen-bond acceptors (Lipinski definition) is 4. The van der Waals surface area contributed by atoms with Crippen LogP contribution in [0.15, 0.2) is 30.3 Å². The molecule has 7 heteroatoms. The Hall–Kier alpha value is -1.63. The summed E-state index contributed by atoms with van der Waals surface area (Å²) < 4.78 is 22.1. The van der Waals surface area contributed by atoms with Crippen LogP contribution in [0.5, 0.6) is 23.0 Å². The molecule has 0 fully saturated rings. The summed E-state index contributed by atoms with van der Waals surface area (Å²) in [7, 11) is 3.25. The molecule has 0 saturated heterocycles. The van der Waals surface area contributed by atoms with E-state index < -0.39 is 0 Å². The van der Waals surface area contributed by atoms with Gasteiger partial charge in [-0.3, -0.25) is 0 Å². The average Bonchev–Trinajstić information content (AvgIpc) is 3.20. The number of fused-ring (bicyclic) bond motifs is 2. The molecule has 1 heterocycles. The molecule has 3 aromatic rings. The minimum absolute atomic E-state index is 0.239. The number of halogens is 3. The van der Waals surface area contributed by atoms with Gasteiger partial charge >= 0.3 is 0 Å². The summed E-state index contributed by atoms with van der Waals surface area (Å²) in [6.07, 6.45) is 0. The molecular weight excluding hydrogens is 511 g/mol. The molecular formula is C21H17Br2ClO4. The molecule has 0 unspecified atom stereocenters. The SMILES string of the molecule is COc1cc2c(Cl)c(CBr)c(CBr)c(-c3ccc4c(c3)OCO4)c2cc1OC. The minimum atomic E-state index is 0.239. The Morgan fingerprint density at radius 1 is 0.893 bits per heavy atom. The lowest BCUT2D eigenvalue weighted by atomic mass is 9.90. The van der Waals surface area contributed by atoms with Crippen LogP contribution in [0.4, 0.5) is 0 Å². The van der Waals surface area contributed by atoms with Crippen molar-refractivity contribution in [1.29, 1.82) is 0 Å². The van der Waals surface area contributed by atoms with Crippen molar-refractivity contribution < 1.29 is 18.9 Å². The molecule has 0 N–H and O–H groups in total. The second-order valence-electron chi connectivity index (χ2n) is 6.23. The van der Waals surface area contributed by atoms with Crippen LogP contribution >= 0.6 is 43.5 Å². The Kier molecular flexibility index (Phi) is 5.63.